The van der Waals surface area contributed by atoms with Crippen LogP contribution in [-0.2, 0) is 9.59 Å². The maximum absolute atomic E-state index is 13.1. The zero-order valence-corrected chi connectivity index (χ0v) is 17.2. The minimum Gasteiger partial charge on any atom is -0.454 e. The molecule has 0 aliphatic carbocycles. The van der Waals surface area contributed by atoms with Crippen LogP contribution in [0.15, 0.2) is 18.2 Å². The van der Waals surface area contributed by atoms with Crippen molar-refractivity contribution in [1.82, 2.24) is 15.3 Å². The number of hydrogen-bond acceptors (Lipinski definition) is 6. The first-order valence-corrected chi connectivity index (χ1v) is 10.1. The average Bonchev–Trinajstić information content (AvgIpc) is 3.39. The zero-order valence-electron chi connectivity index (χ0n) is 17.2. The number of urea groups is 1. The van der Waals surface area contributed by atoms with E-state index in [1.807, 2.05) is 13.8 Å². The van der Waals surface area contributed by atoms with E-state index in [4.69, 9.17) is 14.7 Å². The first-order chi connectivity index (χ1) is 14.4. The van der Waals surface area contributed by atoms with Gasteiger partial charge in [0.1, 0.15) is 12.6 Å². The predicted molar refractivity (Wildman–Crippen MR) is 107 cm³/mol. The molecule has 0 unspecified atom stereocenters. The van der Waals surface area contributed by atoms with Crippen LogP contribution in [0.1, 0.15) is 33.1 Å². The lowest BCUT2D eigenvalue weighted by molar-refractivity contribution is -0.129. The molecule has 1 aromatic carbocycles. The Morgan fingerprint density at radius 2 is 2.03 bits per heavy atom. The van der Waals surface area contributed by atoms with Gasteiger partial charge in [0.25, 0.3) is 5.91 Å². The van der Waals surface area contributed by atoms with Gasteiger partial charge < -0.3 is 24.6 Å². The van der Waals surface area contributed by atoms with E-state index in [0.717, 1.165) is 0 Å². The molecule has 0 saturated carbocycles. The number of rotatable bonds is 7. The van der Waals surface area contributed by atoms with Gasteiger partial charge in [-0.3, -0.25) is 14.8 Å². The molecule has 10 nitrogen and oxygen atoms in total. The molecule has 2 aliphatic rings. The van der Waals surface area contributed by atoms with Crippen LogP contribution in [0.2, 0.25) is 0 Å². The molecule has 3 N–H and O–H groups in total. The number of amides is 4. The number of carbonyl (C=O) groups excluding carboxylic acids is 3. The molecule has 1 saturated heterocycles. The SMILES string of the molecule is CC(C)CCN(CC(=O)NO)C(=O)N1CCC[C@H]1C(=O)Nc1ccc2c(c1)OCO2. The standard InChI is InChI=1S/C20H28N4O6/c1-13(2)7-9-23(11-18(25)22-28)20(27)24-8-3-4-15(24)19(26)21-14-5-6-16-17(10-14)30-12-29-16/h5-6,10,13,15,28H,3-4,7-9,11-12H2,1-2H3,(H,21,26)(H,22,25)/t15-/m0/s1. The Bertz CT molecular complexity index is 800. The Kier molecular flexibility index (Phi) is 6.99. The van der Waals surface area contributed by atoms with Crippen LogP contribution < -0.4 is 20.3 Å². The molecule has 3 rings (SSSR count). The summed E-state index contributed by atoms with van der Waals surface area (Å²) in [5.41, 5.74) is 2.12. The molecule has 1 fully saturated rings. The molecule has 10 heteroatoms. The highest BCUT2D eigenvalue weighted by molar-refractivity contribution is 5.98. The molecular formula is C20H28N4O6. The largest absolute Gasteiger partial charge is 0.454 e. The molecule has 0 spiro atoms. The summed E-state index contributed by atoms with van der Waals surface area (Å²) in [5.74, 6) is 0.541. The van der Waals surface area contributed by atoms with E-state index in [9.17, 15) is 14.4 Å². The fraction of sp³-hybridized carbons (Fsp3) is 0.550. The van der Waals surface area contributed by atoms with Gasteiger partial charge in [0.05, 0.1) is 0 Å². The minimum atomic E-state index is -0.673. The van der Waals surface area contributed by atoms with Crippen LogP contribution in [0.4, 0.5) is 10.5 Å². The van der Waals surface area contributed by atoms with Gasteiger partial charge in [-0.2, -0.15) is 0 Å². The van der Waals surface area contributed by atoms with Gasteiger partial charge in [-0.15, -0.1) is 0 Å². The van der Waals surface area contributed by atoms with Crippen LogP contribution in [0.25, 0.3) is 0 Å². The monoisotopic (exact) mass is 420 g/mol. The van der Waals surface area contributed by atoms with Crippen LogP contribution in [0.5, 0.6) is 11.5 Å². The van der Waals surface area contributed by atoms with E-state index in [1.54, 1.807) is 23.7 Å². The first-order valence-electron chi connectivity index (χ1n) is 10.1. The highest BCUT2D eigenvalue weighted by Gasteiger charge is 2.37. The second-order valence-electron chi connectivity index (χ2n) is 7.83. The number of carbonyl (C=O) groups is 3. The van der Waals surface area contributed by atoms with E-state index in [1.165, 1.54) is 9.80 Å². The number of nitrogens with one attached hydrogen (secondary N) is 2. The average molecular weight is 420 g/mol. The van der Waals surface area contributed by atoms with Crippen molar-refractivity contribution in [2.45, 2.75) is 39.2 Å². The number of likely N-dealkylation sites (tertiary alicyclic amines) is 1. The first kappa shape index (κ1) is 21.7. The summed E-state index contributed by atoms with van der Waals surface area (Å²) in [6.45, 7) is 4.70. The summed E-state index contributed by atoms with van der Waals surface area (Å²) >= 11 is 0. The van der Waals surface area contributed by atoms with Gasteiger partial charge in [0.2, 0.25) is 12.7 Å². The second kappa shape index (κ2) is 9.66. The molecule has 164 valence electrons. The maximum atomic E-state index is 13.1. The van der Waals surface area contributed by atoms with Crippen LogP contribution in [0.3, 0.4) is 0 Å². The fourth-order valence-corrected chi connectivity index (χ4v) is 3.51. The van der Waals surface area contributed by atoms with E-state index < -0.39 is 11.9 Å². The molecule has 2 aliphatic heterocycles. The summed E-state index contributed by atoms with van der Waals surface area (Å²) in [6, 6.07) is 4.09. The molecular weight excluding hydrogens is 392 g/mol. The molecule has 1 aromatic rings. The Hall–Kier alpha value is -3.01. The Balaban J connectivity index is 1.68. The summed E-state index contributed by atoms with van der Waals surface area (Å²) in [5, 5.41) is 11.7. The number of fused-ring (bicyclic) bond motifs is 1. The summed E-state index contributed by atoms with van der Waals surface area (Å²) in [7, 11) is 0. The summed E-state index contributed by atoms with van der Waals surface area (Å²) in [6.07, 6.45) is 1.92. The van der Waals surface area contributed by atoms with E-state index >= 15 is 0 Å². The van der Waals surface area contributed by atoms with Gasteiger partial charge in [0, 0.05) is 24.8 Å². The van der Waals surface area contributed by atoms with Crippen molar-refractivity contribution in [2.24, 2.45) is 5.92 Å². The third kappa shape index (κ3) is 5.12. The predicted octanol–water partition coefficient (Wildman–Crippen LogP) is 1.79. The zero-order chi connectivity index (χ0) is 21.7. The number of benzene rings is 1. The van der Waals surface area contributed by atoms with Crippen molar-refractivity contribution in [3.8, 4) is 11.5 Å². The lowest BCUT2D eigenvalue weighted by Crippen LogP contribution is -2.51. The molecule has 30 heavy (non-hydrogen) atoms. The number of nitrogens with zero attached hydrogens (tertiary/aromatic N) is 2. The molecule has 0 aromatic heterocycles. The van der Waals surface area contributed by atoms with Crippen molar-refractivity contribution < 1.29 is 29.1 Å². The molecule has 0 radical (unpaired) electrons. The lowest BCUT2D eigenvalue weighted by atomic mass is 10.1. The molecule has 0 bridgehead atoms. The smallest absolute Gasteiger partial charge is 0.321 e. The second-order valence-corrected chi connectivity index (χ2v) is 7.83. The Labute approximate surface area is 175 Å². The third-order valence-corrected chi connectivity index (χ3v) is 5.15. The quantitative estimate of drug-likeness (QED) is 0.457. The van der Waals surface area contributed by atoms with Crippen molar-refractivity contribution in [3.05, 3.63) is 18.2 Å². The van der Waals surface area contributed by atoms with Gasteiger partial charge in [-0.05, 0) is 37.3 Å². The van der Waals surface area contributed by atoms with Crippen LogP contribution in [-0.4, -0.2) is 65.3 Å². The van der Waals surface area contributed by atoms with E-state index in [0.29, 0.717) is 55.5 Å². The topological polar surface area (TPSA) is 120 Å². The Morgan fingerprint density at radius 3 is 2.77 bits per heavy atom. The van der Waals surface area contributed by atoms with Gasteiger partial charge in [0.15, 0.2) is 11.5 Å². The normalized spacial score (nSPS) is 17.2. The van der Waals surface area contributed by atoms with Gasteiger partial charge in [-0.25, -0.2) is 10.3 Å². The van der Waals surface area contributed by atoms with Gasteiger partial charge in [-0.1, -0.05) is 13.8 Å². The van der Waals surface area contributed by atoms with Crippen LogP contribution >= 0.6 is 0 Å². The highest BCUT2D eigenvalue weighted by atomic mass is 16.7. The van der Waals surface area contributed by atoms with E-state index in [-0.39, 0.29) is 25.3 Å². The van der Waals surface area contributed by atoms with Crippen molar-refractivity contribution in [1.29, 1.82) is 0 Å². The van der Waals surface area contributed by atoms with Crippen molar-refractivity contribution in [2.75, 3.05) is 31.7 Å². The lowest BCUT2D eigenvalue weighted by Gasteiger charge is -2.31. The minimum absolute atomic E-state index is 0.144. The molecule has 1 atom stereocenters. The van der Waals surface area contributed by atoms with Gasteiger partial charge >= 0.3 is 6.03 Å². The fourth-order valence-electron chi connectivity index (χ4n) is 3.51. The van der Waals surface area contributed by atoms with Crippen molar-refractivity contribution in [3.63, 3.8) is 0 Å². The van der Waals surface area contributed by atoms with E-state index in [2.05, 4.69) is 5.32 Å². The number of hydroxylamine groups is 1. The summed E-state index contributed by atoms with van der Waals surface area (Å²) < 4.78 is 10.6. The highest BCUT2D eigenvalue weighted by Crippen LogP contribution is 2.34. The third-order valence-electron chi connectivity index (χ3n) is 5.15. The maximum Gasteiger partial charge on any atom is 0.321 e. The molecule has 4 amide bonds. The summed E-state index contributed by atoms with van der Waals surface area (Å²) in [4.78, 5) is 40.5. The number of hydrogen-bond donors (Lipinski definition) is 3. The Morgan fingerprint density at radius 1 is 1.27 bits per heavy atom. The number of anilines is 1. The van der Waals surface area contributed by atoms with Crippen LogP contribution in [0, 0.1) is 5.92 Å². The number of ether oxygens (including phenoxy) is 2. The van der Waals surface area contributed by atoms with Crippen molar-refractivity contribution >= 4 is 23.5 Å². The molecule has 2 heterocycles.